The molecular formula is C17H22N2O. The number of likely N-dealkylation sites (N-methyl/N-ethyl adjacent to an activating group) is 1. The number of hydrogen-bond acceptors (Lipinski definition) is 3. The van der Waals surface area contributed by atoms with E-state index in [0.717, 1.165) is 18.7 Å². The van der Waals surface area contributed by atoms with Gasteiger partial charge in [0.25, 0.3) is 0 Å². The predicted octanol–water partition coefficient (Wildman–Crippen LogP) is 3.33. The van der Waals surface area contributed by atoms with Crippen molar-refractivity contribution in [3.8, 4) is 5.75 Å². The quantitative estimate of drug-likeness (QED) is 0.805. The molecule has 0 aliphatic heterocycles. The fourth-order valence-corrected chi connectivity index (χ4v) is 2.30. The molecule has 0 aliphatic carbocycles. The molecule has 2 aromatic rings. The first kappa shape index (κ1) is 14.5. The second-order valence-electron chi connectivity index (χ2n) is 5.00. The van der Waals surface area contributed by atoms with Crippen LogP contribution in [0.4, 0.5) is 0 Å². The molecule has 0 unspecified atom stereocenters. The van der Waals surface area contributed by atoms with Gasteiger partial charge in [-0.15, -0.1) is 0 Å². The average Bonchev–Trinajstić information content (AvgIpc) is 2.52. The van der Waals surface area contributed by atoms with Crippen molar-refractivity contribution >= 4 is 0 Å². The lowest BCUT2D eigenvalue weighted by Crippen LogP contribution is -2.25. The number of aromatic nitrogens is 1. The number of methoxy groups -OCH3 is 1. The molecule has 106 valence electrons. The predicted molar refractivity (Wildman–Crippen MR) is 82.0 cm³/mol. The molecule has 1 heterocycles. The first-order valence-electron chi connectivity index (χ1n) is 6.94. The Labute approximate surface area is 121 Å². The third-order valence-corrected chi connectivity index (χ3v) is 3.75. The Morgan fingerprint density at radius 2 is 1.85 bits per heavy atom. The zero-order chi connectivity index (χ0) is 14.4. The summed E-state index contributed by atoms with van der Waals surface area (Å²) in [5.74, 6) is 0.954. The highest BCUT2D eigenvalue weighted by molar-refractivity contribution is 5.35. The summed E-state index contributed by atoms with van der Waals surface area (Å²) < 4.78 is 5.44. The van der Waals surface area contributed by atoms with E-state index < -0.39 is 0 Å². The minimum absolute atomic E-state index is 0.327. The van der Waals surface area contributed by atoms with Crippen LogP contribution in [0.3, 0.4) is 0 Å². The fourth-order valence-electron chi connectivity index (χ4n) is 2.30. The zero-order valence-electron chi connectivity index (χ0n) is 12.4. The van der Waals surface area contributed by atoms with Crippen molar-refractivity contribution in [3.63, 3.8) is 0 Å². The summed E-state index contributed by atoms with van der Waals surface area (Å²) in [6.45, 7) is 3.22. The normalized spacial score (nSPS) is 12.4. The van der Waals surface area contributed by atoms with E-state index in [4.69, 9.17) is 4.74 Å². The van der Waals surface area contributed by atoms with Crippen LogP contribution in [0.25, 0.3) is 0 Å². The highest BCUT2D eigenvalue weighted by Crippen LogP contribution is 2.27. The smallest absolute Gasteiger partial charge is 0.123 e. The lowest BCUT2D eigenvalue weighted by atomic mass is 10.1. The molecule has 0 saturated carbocycles. The largest absolute Gasteiger partial charge is 0.496 e. The number of rotatable bonds is 6. The van der Waals surface area contributed by atoms with E-state index in [0.29, 0.717) is 6.04 Å². The second-order valence-corrected chi connectivity index (χ2v) is 5.00. The summed E-state index contributed by atoms with van der Waals surface area (Å²) in [6, 6.07) is 12.7. The van der Waals surface area contributed by atoms with Crippen molar-refractivity contribution in [2.75, 3.05) is 20.7 Å². The number of nitrogens with zero attached hydrogens (tertiary/aromatic N) is 2. The van der Waals surface area contributed by atoms with E-state index >= 15 is 0 Å². The van der Waals surface area contributed by atoms with Crippen molar-refractivity contribution in [2.24, 2.45) is 0 Å². The molecule has 0 bridgehead atoms. The van der Waals surface area contributed by atoms with Gasteiger partial charge < -0.3 is 4.74 Å². The monoisotopic (exact) mass is 270 g/mol. The topological polar surface area (TPSA) is 25.4 Å². The molecule has 1 aromatic heterocycles. The van der Waals surface area contributed by atoms with E-state index in [9.17, 15) is 0 Å². The van der Waals surface area contributed by atoms with E-state index in [1.54, 1.807) is 7.11 Å². The highest BCUT2D eigenvalue weighted by Gasteiger charge is 2.15. The molecule has 2 rings (SSSR count). The van der Waals surface area contributed by atoms with Gasteiger partial charge in [-0.25, -0.2) is 0 Å². The Kier molecular flexibility index (Phi) is 5.13. The van der Waals surface area contributed by atoms with Gasteiger partial charge in [-0.05, 0) is 44.2 Å². The number of benzene rings is 1. The van der Waals surface area contributed by atoms with E-state index in [2.05, 4.69) is 48.1 Å². The van der Waals surface area contributed by atoms with Gasteiger partial charge >= 0.3 is 0 Å². The van der Waals surface area contributed by atoms with Crippen molar-refractivity contribution in [2.45, 2.75) is 19.4 Å². The first-order valence-corrected chi connectivity index (χ1v) is 6.94. The maximum absolute atomic E-state index is 5.44. The molecular weight excluding hydrogens is 248 g/mol. The van der Waals surface area contributed by atoms with Crippen molar-refractivity contribution in [1.29, 1.82) is 0 Å². The molecule has 0 radical (unpaired) electrons. The summed E-state index contributed by atoms with van der Waals surface area (Å²) in [5, 5.41) is 0. The van der Waals surface area contributed by atoms with Crippen LogP contribution in [-0.2, 0) is 6.42 Å². The van der Waals surface area contributed by atoms with Crippen LogP contribution in [-0.4, -0.2) is 30.6 Å². The Morgan fingerprint density at radius 3 is 2.55 bits per heavy atom. The van der Waals surface area contributed by atoms with Crippen molar-refractivity contribution < 1.29 is 4.74 Å². The molecule has 1 aromatic carbocycles. The first-order chi connectivity index (χ1) is 9.72. The van der Waals surface area contributed by atoms with Gasteiger partial charge in [0.2, 0.25) is 0 Å². The standard InChI is InChI=1S/C17H22N2O/c1-14(16-6-4-5-7-17(16)20-3)19(2)13-10-15-8-11-18-12-9-15/h4-9,11-12,14H,10,13H2,1-3H3/t14-/m1/s1. The van der Waals surface area contributed by atoms with Crippen LogP contribution in [0.2, 0.25) is 0 Å². The molecule has 0 saturated heterocycles. The van der Waals surface area contributed by atoms with Crippen LogP contribution in [0, 0.1) is 0 Å². The number of ether oxygens (including phenoxy) is 1. The third kappa shape index (κ3) is 3.58. The van der Waals surface area contributed by atoms with Gasteiger partial charge in [-0.2, -0.15) is 0 Å². The lowest BCUT2D eigenvalue weighted by Gasteiger charge is -2.26. The van der Waals surface area contributed by atoms with Gasteiger partial charge in [-0.3, -0.25) is 9.88 Å². The van der Waals surface area contributed by atoms with Gasteiger partial charge in [0, 0.05) is 30.5 Å². The van der Waals surface area contributed by atoms with E-state index in [1.807, 2.05) is 24.5 Å². The Hall–Kier alpha value is -1.87. The van der Waals surface area contributed by atoms with Crippen LogP contribution in [0.15, 0.2) is 48.8 Å². The van der Waals surface area contributed by atoms with Gasteiger partial charge in [0.1, 0.15) is 5.75 Å². The van der Waals surface area contributed by atoms with E-state index in [-0.39, 0.29) is 0 Å². The maximum Gasteiger partial charge on any atom is 0.123 e. The SMILES string of the molecule is COc1ccccc1[C@@H](C)N(C)CCc1ccncc1. The van der Waals surface area contributed by atoms with Gasteiger partial charge in [-0.1, -0.05) is 18.2 Å². The van der Waals surface area contributed by atoms with Crippen LogP contribution >= 0.6 is 0 Å². The summed E-state index contributed by atoms with van der Waals surface area (Å²) in [4.78, 5) is 6.39. The zero-order valence-corrected chi connectivity index (χ0v) is 12.4. The molecule has 3 nitrogen and oxygen atoms in total. The molecule has 0 fully saturated rings. The summed E-state index contributed by atoms with van der Waals surface area (Å²) in [7, 11) is 3.88. The van der Waals surface area contributed by atoms with Gasteiger partial charge in [0.05, 0.1) is 7.11 Å². The highest BCUT2D eigenvalue weighted by atomic mass is 16.5. The third-order valence-electron chi connectivity index (χ3n) is 3.75. The van der Waals surface area contributed by atoms with Gasteiger partial charge in [0.15, 0.2) is 0 Å². The average molecular weight is 270 g/mol. The maximum atomic E-state index is 5.44. The van der Waals surface area contributed by atoms with Crippen LogP contribution < -0.4 is 4.74 Å². The summed E-state index contributed by atoms with van der Waals surface area (Å²) in [5.41, 5.74) is 2.55. The molecule has 0 amide bonds. The van der Waals surface area contributed by atoms with Crippen molar-refractivity contribution in [3.05, 3.63) is 59.9 Å². The molecule has 0 N–H and O–H groups in total. The lowest BCUT2D eigenvalue weighted by molar-refractivity contribution is 0.258. The summed E-state index contributed by atoms with van der Waals surface area (Å²) >= 11 is 0. The minimum atomic E-state index is 0.327. The molecule has 0 spiro atoms. The van der Waals surface area contributed by atoms with Crippen molar-refractivity contribution in [1.82, 2.24) is 9.88 Å². The number of para-hydroxylation sites is 1. The number of hydrogen-bond donors (Lipinski definition) is 0. The minimum Gasteiger partial charge on any atom is -0.496 e. The molecule has 0 aliphatic rings. The summed E-state index contributed by atoms with van der Waals surface area (Å²) in [6.07, 6.45) is 4.72. The fraction of sp³-hybridized carbons (Fsp3) is 0.353. The number of pyridine rings is 1. The molecule has 3 heteroatoms. The van der Waals surface area contributed by atoms with Crippen LogP contribution in [0.1, 0.15) is 24.1 Å². The Morgan fingerprint density at radius 1 is 1.15 bits per heavy atom. The Balaban J connectivity index is 1.99. The second kappa shape index (κ2) is 7.06. The molecule has 20 heavy (non-hydrogen) atoms. The molecule has 1 atom stereocenters. The van der Waals surface area contributed by atoms with Crippen LogP contribution in [0.5, 0.6) is 5.75 Å². The Bertz CT molecular complexity index is 528. The van der Waals surface area contributed by atoms with E-state index in [1.165, 1.54) is 11.1 Å².